The smallest absolute Gasteiger partial charge is 0.184 e. The molecule has 3 rings (SSSR count). The van der Waals surface area contributed by atoms with Gasteiger partial charge in [0.15, 0.2) is 17.3 Å². The highest BCUT2D eigenvalue weighted by Gasteiger charge is 2.67. The lowest BCUT2D eigenvalue weighted by Crippen LogP contribution is -2.38. The molecule has 2 saturated carbocycles. The van der Waals surface area contributed by atoms with E-state index in [-0.39, 0.29) is 23.0 Å². The van der Waals surface area contributed by atoms with Gasteiger partial charge in [-0.3, -0.25) is 9.59 Å². The molecule has 0 aromatic heterocycles. The predicted octanol–water partition coefficient (Wildman–Crippen LogP) is 1.79. The molecule has 3 unspecified atom stereocenters. The van der Waals surface area contributed by atoms with Gasteiger partial charge in [0.1, 0.15) is 26.9 Å². The molecule has 1 heterocycles. The Morgan fingerprint density at radius 2 is 1.81 bits per heavy atom. The van der Waals surface area contributed by atoms with Crippen molar-refractivity contribution in [2.45, 2.75) is 52.7 Å². The van der Waals surface area contributed by atoms with Gasteiger partial charge in [0.2, 0.25) is 0 Å². The van der Waals surface area contributed by atoms with Crippen molar-refractivity contribution >= 4 is 32.6 Å². The third-order valence-electron chi connectivity index (χ3n) is 6.81. The molecular formula is C19H32O6S2. The number of hydrogen-bond acceptors (Lipinski definition) is 6. The van der Waals surface area contributed by atoms with Crippen LogP contribution in [0.25, 0.3) is 0 Å². The van der Waals surface area contributed by atoms with Gasteiger partial charge in [0, 0.05) is 11.3 Å². The second kappa shape index (κ2) is 8.13. The van der Waals surface area contributed by atoms with Gasteiger partial charge in [-0.15, -0.1) is 0 Å². The summed E-state index contributed by atoms with van der Waals surface area (Å²) in [6, 6.07) is 0. The first-order valence-corrected chi connectivity index (χ1v) is 12.8. The highest BCUT2D eigenvalue weighted by Crippen LogP contribution is 2.64. The van der Waals surface area contributed by atoms with Gasteiger partial charge in [-0.1, -0.05) is 34.6 Å². The third kappa shape index (κ3) is 4.43. The fraction of sp³-hybridized carbons (Fsp3) is 0.895. The summed E-state index contributed by atoms with van der Waals surface area (Å²) in [6.45, 7) is 11.3. The number of rotatable bonds is 4. The number of ketones is 2. The van der Waals surface area contributed by atoms with Crippen LogP contribution in [0.15, 0.2) is 0 Å². The van der Waals surface area contributed by atoms with Gasteiger partial charge in [-0.25, -0.2) is 8.42 Å². The average Bonchev–Trinajstić information content (AvgIpc) is 2.87. The Hall–Kier alpha value is -0.440. The van der Waals surface area contributed by atoms with Gasteiger partial charge in [-0.2, -0.15) is 0 Å². The quantitative estimate of drug-likeness (QED) is 0.508. The molecule has 156 valence electrons. The number of ether oxygens (including phenoxy) is 1. The van der Waals surface area contributed by atoms with Crippen LogP contribution in [0.2, 0.25) is 0 Å². The molecule has 2 bridgehead atoms. The molecule has 1 aliphatic heterocycles. The minimum absolute atomic E-state index is 0.209. The summed E-state index contributed by atoms with van der Waals surface area (Å²) in [7, 11) is -4.16. The molecule has 0 spiro atoms. The van der Waals surface area contributed by atoms with Gasteiger partial charge < -0.3 is 9.29 Å². The van der Waals surface area contributed by atoms with E-state index in [2.05, 4.69) is 0 Å². The van der Waals surface area contributed by atoms with Crippen molar-refractivity contribution in [3.8, 4) is 0 Å². The van der Waals surface area contributed by atoms with E-state index in [1.165, 1.54) is 0 Å². The van der Waals surface area contributed by atoms with Crippen molar-refractivity contribution in [2.24, 2.45) is 22.7 Å². The summed E-state index contributed by atoms with van der Waals surface area (Å²) in [5, 5.41) is -1.30. The summed E-state index contributed by atoms with van der Waals surface area (Å²) in [5.74, 6) is 2.95. The van der Waals surface area contributed by atoms with Gasteiger partial charge in [0.05, 0.1) is 13.2 Å². The summed E-state index contributed by atoms with van der Waals surface area (Å²) in [4.78, 5) is 23.3. The monoisotopic (exact) mass is 420 g/mol. The Morgan fingerprint density at radius 3 is 2.19 bits per heavy atom. The van der Waals surface area contributed by atoms with Crippen LogP contribution in [-0.4, -0.2) is 60.3 Å². The first-order chi connectivity index (χ1) is 12.3. The van der Waals surface area contributed by atoms with Crippen molar-refractivity contribution in [2.75, 3.05) is 30.5 Å². The molecule has 27 heavy (non-hydrogen) atoms. The molecule has 2 aliphatic carbocycles. The Morgan fingerprint density at radius 1 is 1.26 bits per heavy atom. The van der Waals surface area contributed by atoms with E-state index in [0.29, 0.717) is 29.5 Å². The SMILES string of the molecule is CC(C)C(=O)C[S+]1CCOCC1.CC12CCC(C(S(=O)(=O)[O-])C1=O)C2(C)C. The van der Waals surface area contributed by atoms with E-state index in [9.17, 15) is 22.6 Å². The summed E-state index contributed by atoms with van der Waals surface area (Å²) in [5.41, 5.74) is -0.994. The van der Waals surface area contributed by atoms with E-state index < -0.39 is 20.8 Å². The standard InChI is InChI=1S/C10H16O4S.C9H17O2S/c1-9(2)6-4-5-10(9,3)8(11)7(6)15(12,13)14;1-8(2)9(10)7-12-5-3-11-4-6-12/h6-7H,4-5H2,1-3H3,(H,12,13,14);8H,3-7H2,1-2H3/q;+1/p-1. The Balaban J connectivity index is 0.000000199. The van der Waals surface area contributed by atoms with Crippen molar-refractivity contribution in [1.82, 2.24) is 0 Å². The Kier molecular flexibility index (Phi) is 6.87. The molecular weight excluding hydrogens is 388 g/mol. The van der Waals surface area contributed by atoms with E-state index >= 15 is 0 Å². The molecule has 0 N–H and O–H groups in total. The Labute approximate surface area is 165 Å². The molecule has 0 amide bonds. The molecule has 8 heteroatoms. The second-order valence-electron chi connectivity index (χ2n) is 8.87. The van der Waals surface area contributed by atoms with E-state index in [1.54, 1.807) is 6.92 Å². The summed E-state index contributed by atoms with van der Waals surface area (Å²) >= 11 is 0. The van der Waals surface area contributed by atoms with Crippen molar-refractivity contribution < 1.29 is 27.3 Å². The van der Waals surface area contributed by atoms with Crippen molar-refractivity contribution in [3.05, 3.63) is 0 Å². The van der Waals surface area contributed by atoms with Crippen LogP contribution in [0.1, 0.15) is 47.5 Å². The lowest BCUT2D eigenvalue weighted by atomic mass is 9.70. The fourth-order valence-electron chi connectivity index (χ4n) is 4.41. The first-order valence-electron chi connectivity index (χ1n) is 9.56. The number of fused-ring (bicyclic) bond motifs is 2. The maximum Gasteiger partial charge on any atom is 0.184 e. The van der Waals surface area contributed by atoms with Crippen LogP contribution in [-0.2, 0) is 35.3 Å². The second-order valence-corrected chi connectivity index (χ2v) is 12.7. The topological polar surface area (TPSA) is 101 Å². The van der Waals surface area contributed by atoms with Crippen LogP contribution < -0.4 is 0 Å². The number of Topliss-reactive ketones (excluding diaryl/α,β-unsaturated/α-hetero) is 2. The molecule has 3 fully saturated rings. The van der Waals surface area contributed by atoms with Gasteiger partial charge in [0.25, 0.3) is 0 Å². The Bertz CT molecular complexity index is 678. The molecule has 0 aromatic carbocycles. The highest BCUT2D eigenvalue weighted by atomic mass is 32.2. The largest absolute Gasteiger partial charge is 0.747 e. The number of carbonyl (C=O) groups is 2. The molecule has 6 nitrogen and oxygen atoms in total. The molecule has 0 radical (unpaired) electrons. The maximum atomic E-state index is 12.0. The zero-order valence-electron chi connectivity index (χ0n) is 16.9. The van der Waals surface area contributed by atoms with E-state index in [1.807, 2.05) is 27.7 Å². The highest BCUT2D eigenvalue weighted by molar-refractivity contribution is 7.97. The van der Waals surface area contributed by atoms with Gasteiger partial charge in [-0.05, 0) is 35.1 Å². The number of carbonyl (C=O) groups excluding carboxylic acids is 2. The normalized spacial score (nSPS) is 33.1. The summed E-state index contributed by atoms with van der Waals surface area (Å²) < 4.78 is 38.5. The van der Waals surface area contributed by atoms with E-state index in [0.717, 1.165) is 30.5 Å². The van der Waals surface area contributed by atoms with E-state index in [4.69, 9.17) is 4.74 Å². The summed E-state index contributed by atoms with van der Waals surface area (Å²) in [6.07, 6.45) is 1.37. The molecule has 1 saturated heterocycles. The minimum atomic E-state index is -4.49. The maximum absolute atomic E-state index is 12.0. The lowest BCUT2D eigenvalue weighted by Gasteiger charge is -2.32. The zero-order valence-corrected chi connectivity index (χ0v) is 18.6. The van der Waals surface area contributed by atoms with Crippen LogP contribution in [0.5, 0.6) is 0 Å². The van der Waals surface area contributed by atoms with Crippen LogP contribution in [0.3, 0.4) is 0 Å². The zero-order chi connectivity index (χ0) is 20.6. The predicted molar refractivity (Wildman–Crippen MR) is 106 cm³/mol. The molecule has 0 aromatic rings. The number of hydrogen-bond donors (Lipinski definition) is 0. The van der Waals surface area contributed by atoms with Crippen LogP contribution in [0, 0.1) is 22.7 Å². The fourth-order valence-corrected chi connectivity index (χ4v) is 7.74. The average molecular weight is 421 g/mol. The molecule has 3 aliphatic rings. The lowest BCUT2D eigenvalue weighted by molar-refractivity contribution is -0.128. The molecule has 3 atom stereocenters. The first kappa shape index (κ1) is 22.8. The van der Waals surface area contributed by atoms with Crippen LogP contribution >= 0.6 is 0 Å². The van der Waals surface area contributed by atoms with Crippen LogP contribution in [0.4, 0.5) is 0 Å². The van der Waals surface area contributed by atoms with Gasteiger partial charge >= 0.3 is 0 Å². The van der Waals surface area contributed by atoms with Crippen molar-refractivity contribution in [1.29, 1.82) is 0 Å². The minimum Gasteiger partial charge on any atom is -0.747 e. The van der Waals surface area contributed by atoms with Crippen molar-refractivity contribution in [3.63, 3.8) is 0 Å². The third-order valence-corrected chi connectivity index (χ3v) is 10.2.